The van der Waals surface area contributed by atoms with E-state index in [1.54, 1.807) is 0 Å². The highest BCUT2D eigenvalue weighted by molar-refractivity contribution is 5.90. The monoisotopic (exact) mass is 273 g/mol. The third-order valence-electron chi connectivity index (χ3n) is 4.32. The van der Waals surface area contributed by atoms with E-state index in [0.29, 0.717) is 12.3 Å². The van der Waals surface area contributed by atoms with Gasteiger partial charge in [0.2, 0.25) is 5.91 Å². The fourth-order valence-electron chi connectivity index (χ4n) is 3.08. The molecular weight excluding hydrogens is 250 g/mol. The number of fused-ring (bicyclic) bond motifs is 1. The zero-order valence-corrected chi connectivity index (χ0v) is 11.9. The van der Waals surface area contributed by atoms with Crippen molar-refractivity contribution >= 4 is 11.6 Å². The Hall–Kier alpha value is -1.39. The van der Waals surface area contributed by atoms with Gasteiger partial charge in [-0.3, -0.25) is 4.79 Å². The normalized spacial score (nSPS) is 21.5. The summed E-state index contributed by atoms with van der Waals surface area (Å²) >= 11 is 0. The van der Waals surface area contributed by atoms with Gasteiger partial charge in [0.1, 0.15) is 0 Å². The average Bonchev–Trinajstić information content (AvgIpc) is 2.98. The molecule has 2 heterocycles. The molecule has 1 aromatic carbocycles. The van der Waals surface area contributed by atoms with Crippen LogP contribution in [0.4, 0.5) is 5.69 Å². The number of carbonyl (C=O) groups is 1. The van der Waals surface area contributed by atoms with E-state index in [2.05, 4.69) is 28.1 Å². The first-order valence-corrected chi connectivity index (χ1v) is 7.64. The van der Waals surface area contributed by atoms with Crippen LogP contribution >= 0.6 is 0 Å². The van der Waals surface area contributed by atoms with Crippen molar-refractivity contribution in [2.75, 3.05) is 25.0 Å². The second-order valence-electron chi connectivity index (χ2n) is 5.86. The van der Waals surface area contributed by atoms with Gasteiger partial charge in [0.05, 0.1) is 0 Å². The first-order chi connectivity index (χ1) is 9.81. The Morgan fingerprint density at radius 3 is 3.05 bits per heavy atom. The minimum Gasteiger partial charge on any atom is -0.326 e. The van der Waals surface area contributed by atoms with Crippen molar-refractivity contribution in [3.05, 3.63) is 29.3 Å². The average molecular weight is 273 g/mol. The molecule has 108 valence electrons. The maximum Gasteiger partial charge on any atom is 0.224 e. The molecule has 0 aliphatic carbocycles. The highest BCUT2D eigenvalue weighted by Gasteiger charge is 2.16. The lowest BCUT2D eigenvalue weighted by Gasteiger charge is -2.18. The molecule has 0 spiro atoms. The SMILES string of the molecule is O=C(CCC1CCNC1)Nc1ccc2c(c1)CNCC2. The van der Waals surface area contributed by atoms with Crippen molar-refractivity contribution in [2.24, 2.45) is 5.92 Å². The molecule has 3 rings (SSSR count). The summed E-state index contributed by atoms with van der Waals surface area (Å²) in [6.07, 6.45) is 3.91. The zero-order valence-electron chi connectivity index (χ0n) is 11.9. The number of benzene rings is 1. The van der Waals surface area contributed by atoms with E-state index in [0.717, 1.165) is 44.7 Å². The van der Waals surface area contributed by atoms with Crippen LogP contribution in [0.5, 0.6) is 0 Å². The first kappa shape index (κ1) is 13.6. The van der Waals surface area contributed by atoms with Gasteiger partial charge < -0.3 is 16.0 Å². The Bertz CT molecular complexity index is 481. The smallest absolute Gasteiger partial charge is 0.224 e. The van der Waals surface area contributed by atoms with Crippen LogP contribution in [-0.2, 0) is 17.8 Å². The summed E-state index contributed by atoms with van der Waals surface area (Å²) in [6.45, 7) is 4.13. The van der Waals surface area contributed by atoms with Crippen LogP contribution in [0, 0.1) is 5.92 Å². The highest BCUT2D eigenvalue weighted by Crippen LogP contribution is 2.20. The van der Waals surface area contributed by atoms with E-state index in [1.807, 2.05) is 6.07 Å². The number of anilines is 1. The largest absolute Gasteiger partial charge is 0.326 e. The summed E-state index contributed by atoms with van der Waals surface area (Å²) in [5.41, 5.74) is 3.65. The number of nitrogens with one attached hydrogen (secondary N) is 3. The van der Waals surface area contributed by atoms with Crippen molar-refractivity contribution < 1.29 is 4.79 Å². The molecule has 0 bridgehead atoms. The van der Waals surface area contributed by atoms with Crippen molar-refractivity contribution in [3.8, 4) is 0 Å². The second-order valence-corrected chi connectivity index (χ2v) is 5.86. The molecule has 1 fully saturated rings. The van der Waals surface area contributed by atoms with E-state index in [1.165, 1.54) is 17.5 Å². The van der Waals surface area contributed by atoms with Crippen molar-refractivity contribution in [3.63, 3.8) is 0 Å². The molecule has 1 atom stereocenters. The molecule has 2 aliphatic heterocycles. The molecule has 0 aromatic heterocycles. The van der Waals surface area contributed by atoms with Gasteiger partial charge in [0.15, 0.2) is 0 Å². The summed E-state index contributed by atoms with van der Waals surface area (Å²) in [7, 11) is 0. The van der Waals surface area contributed by atoms with E-state index in [4.69, 9.17) is 0 Å². The van der Waals surface area contributed by atoms with Crippen LogP contribution in [0.3, 0.4) is 0 Å². The quantitative estimate of drug-likeness (QED) is 0.782. The van der Waals surface area contributed by atoms with E-state index in [9.17, 15) is 4.79 Å². The van der Waals surface area contributed by atoms with E-state index >= 15 is 0 Å². The molecule has 4 heteroatoms. The van der Waals surface area contributed by atoms with Crippen LogP contribution in [0.25, 0.3) is 0 Å². The summed E-state index contributed by atoms with van der Waals surface area (Å²) in [6, 6.07) is 6.28. The number of rotatable bonds is 4. The molecule has 1 saturated heterocycles. The summed E-state index contributed by atoms with van der Waals surface area (Å²) in [4.78, 5) is 12.0. The molecule has 20 heavy (non-hydrogen) atoms. The van der Waals surface area contributed by atoms with Crippen LogP contribution in [0.1, 0.15) is 30.4 Å². The van der Waals surface area contributed by atoms with Crippen LogP contribution in [-0.4, -0.2) is 25.5 Å². The third-order valence-corrected chi connectivity index (χ3v) is 4.32. The third kappa shape index (κ3) is 3.38. The molecule has 1 amide bonds. The van der Waals surface area contributed by atoms with Gasteiger partial charge in [-0.1, -0.05) is 6.07 Å². The molecule has 3 N–H and O–H groups in total. The van der Waals surface area contributed by atoms with Crippen molar-refractivity contribution in [2.45, 2.75) is 32.2 Å². The molecular formula is C16H23N3O. The lowest BCUT2D eigenvalue weighted by Crippen LogP contribution is -2.23. The van der Waals surface area contributed by atoms with Gasteiger partial charge in [0, 0.05) is 18.7 Å². The van der Waals surface area contributed by atoms with Gasteiger partial charge in [-0.15, -0.1) is 0 Å². The number of amides is 1. The summed E-state index contributed by atoms with van der Waals surface area (Å²) < 4.78 is 0. The van der Waals surface area contributed by atoms with Gasteiger partial charge in [0.25, 0.3) is 0 Å². The number of hydrogen-bond donors (Lipinski definition) is 3. The highest BCUT2D eigenvalue weighted by atomic mass is 16.1. The van der Waals surface area contributed by atoms with Gasteiger partial charge in [-0.05, 0) is 68.1 Å². The van der Waals surface area contributed by atoms with Crippen LogP contribution < -0.4 is 16.0 Å². The predicted octanol–water partition coefficient (Wildman–Crippen LogP) is 1.66. The fourth-order valence-corrected chi connectivity index (χ4v) is 3.08. The molecule has 0 saturated carbocycles. The molecule has 0 radical (unpaired) electrons. The second kappa shape index (κ2) is 6.37. The maximum atomic E-state index is 12.0. The minimum atomic E-state index is 0.139. The summed E-state index contributed by atoms with van der Waals surface area (Å²) in [5, 5.41) is 9.73. The Labute approximate surface area is 120 Å². The van der Waals surface area contributed by atoms with Crippen LogP contribution in [0.15, 0.2) is 18.2 Å². The molecule has 4 nitrogen and oxygen atoms in total. The predicted molar refractivity (Wildman–Crippen MR) is 80.7 cm³/mol. The zero-order chi connectivity index (χ0) is 13.8. The number of hydrogen-bond acceptors (Lipinski definition) is 3. The minimum absolute atomic E-state index is 0.139. The maximum absolute atomic E-state index is 12.0. The van der Waals surface area contributed by atoms with Crippen molar-refractivity contribution in [1.29, 1.82) is 0 Å². The van der Waals surface area contributed by atoms with E-state index in [-0.39, 0.29) is 5.91 Å². The molecule has 1 aromatic rings. The van der Waals surface area contributed by atoms with Gasteiger partial charge in [-0.2, -0.15) is 0 Å². The molecule has 1 unspecified atom stereocenters. The fraction of sp³-hybridized carbons (Fsp3) is 0.562. The lowest BCUT2D eigenvalue weighted by atomic mass is 10.00. The Morgan fingerprint density at radius 1 is 1.25 bits per heavy atom. The summed E-state index contributed by atoms with van der Waals surface area (Å²) in [5.74, 6) is 0.814. The number of carbonyl (C=O) groups excluding carboxylic acids is 1. The Morgan fingerprint density at radius 2 is 2.20 bits per heavy atom. The van der Waals surface area contributed by atoms with Gasteiger partial charge in [-0.25, -0.2) is 0 Å². The molecule has 2 aliphatic rings. The first-order valence-electron chi connectivity index (χ1n) is 7.64. The Balaban J connectivity index is 1.52. The topological polar surface area (TPSA) is 53.2 Å². The van der Waals surface area contributed by atoms with Crippen LogP contribution in [0.2, 0.25) is 0 Å². The van der Waals surface area contributed by atoms with Crippen molar-refractivity contribution in [1.82, 2.24) is 10.6 Å². The van der Waals surface area contributed by atoms with Gasteiger partial charge >= 0.3 is 0 Å². The lowest BCUT2D eigenvalue weighted by molar-refractivity contribution is -0.116. The van der Waals surface area contributed by atoms with E-state index < -0.39 is 0 Å². The Kier molecular flexibility index (Phi) is 4.33. The standard InChI is InChI=1S/C16H23N3O/c20-16(4-1-12-5-7-17-10-12)19-15-3-2-13-6-8-18-11-14(13)9-15/h2-3,9,12,17-18H,1,4-8,10-11H2,(H,19,20).